The quantitative estimate of drug-likeness (QED) is 0.558. The van der Waals surface area contributed by atoms with Crippen LogP contribution in [0.4, 0.5) is 0 Å². The van der Waals surface area contributed by atoms with E-state index in [1.165, 1.54) is 0 Å². The summed E-state index contributed by atoms with van der Waals surface area (Å²) in [5.74, 6) is 1.56. The Balaban J connectivity index is 1.47. The molecule has 0 saturated heterocycles. The molecule has 140 valence electrons. The monoisotopic (exact) mass is 371 g/mol. The molecule has 1 amide bonds. The van der Waals surface area contributed by atoms with Crippen LogP contribution in [0.2, 0.25) is 0 Å². The third kappa shape index (κ3) is 3.60. The minimum Gasteiger partial charge on any atom is -0.496 e. The fourth-order valence-electron chi connectivity index (χ4n) is 3.27. The number of aromatic nitrogens is 2. The highest BCUT2D eigenvalue weighted by Crippen LogP contribution is 2.30. The van der Waals surface area contributed by atoms with E-state index < -0.39 is 0 Å². The summed E-state index contributed by atoms with van der Waals surface area (Å²) in [6.07, 6.45) is 4.48. The van der Waals surface area contributed by atoms with Crippen molar-refractivity contribution in [3.8, 4) is 16.9 Å². The van der Waals surface area contributed by atoms with Crippen molar-refractivity contribution in [3.05, 3.63) is 90.5 Å². The van der Waals surface area contributed by atoms with Crippen molar-refractivity contribution < 1.29 is 9.53 Å². The predicted octanol–water partition coefficient (Wildman–Crippen LogP) is 3.98. The molecule has 0 aliphatic heterocycles. The van der Waals surface area contributed by atoms with Crippen LogP contribution in [-0.2, 0) is 6.42 Å². The van der Waals surface area contributed by atoms with Crippen molar-refractivity contribution in [2.45, 2.75) is 6.42 Å². The first kappa shape index (κ1) is 17.8. The third-order valence-electron chi connectivity index (χ3n) is 4.70. The van der Waals surface area contributed by atoms with Crippen LogP contribution in [0.5, 0.6) is 5.75 Å². The number of hydrogen-bond acceptors (Lipinski definition) is 3. The average molecular weight is 371 g/mol. The number of fused-ring (bicyclic) bond motifs is 1. The van der Waals surface area contributed by atoms with Crippen LogP contribution in [0.3, 0.4) is 0 Å². The number of imidazole rings is 1. The number of nitrogens with zero attached hydrogens (tertiary/aromatic N) is 2. The summed E-state index contributed by atoms with van der Waals surface area (Å²) in [6.45, 7) is 0.513. The summed E-state index contributed by atoms with van der Waals surface area (Å²) in [5, 5.41) is 2.99. The molecule has 28 heavy (non-hydrogen) atoms. The van der Waals surface area contributed by atoms with Crippen molar-refractivity contribution in [1.29, 1.82) is 0 Å². The first-order chi connectivity index (χ1) is 13.8. The molecule has 0 spiro atoms. The predicted molar refractivity (Wildman–Crippen MR) is 110 cm³/mol. The van der Waals surface area contributed by atoms with Gasteiger partial charge in [-0.1, -0.05) is 36.4 Å². The number of carbonyl (C=O) groups excluding carboxylic acids is 1. The average Bonchev–Trinajstić information content (AvgIpc) is 3.17. The van der Waals surface area contributed by atoms with Gasteiger partial charge in [0.15, 0.2) is 0 Å². The van der Waals surface area contributed by atoms with Gasteiger partial charge in [0.2, 0.25) is 0 Å². The Bertz CT molecular complexity index is 1100. The lowest BCUT2D eigenvalue weighted by Gasteiger charge is -2.11. The molecule has 5 nitrogen and oxygen atoms in total. The van der Waals surface area contributed by atoms with Gasteiger partial charge in [0.05, 0.1) is 18.8 Å². The number of nitrogens with one attached hydrogen (secondary N) is 1. The first-order valence-corrected chi connectivity index (χ1v) is 9.19. The molecule has 2 aromatic carbocycles. The SMILES string of the molecule is COc1ccc(C(=O)NCCc2ncc3ccccn23)cc1-c1ccccc1. The van der Waals surface area contributed by atoms with Crippen LogP contribution >= 0.6 is 0 Å². The second-order valence-electron chi connectivity index (χ2n) is 6.46. The van der Waals surface area contributed by atoms with Gasteiger partial charge in [-0.15, -0.1) is 0 Å². The number of amides is 1. The minimum absolute atomic E-state index is 0.110. The van der Waals surface area contributed by atoms with E-state index in [1.54, 1.807) is 13.2 Å². The zero-order valence-electron chi connectivity index (χ0n) is 15.6. The fourth-order valence-corrected chi connectivity index (χ4v) is 3.27. The van der Waals surface area contributed by atoms with E-state index in [1.807, 2.05) is 77.5 Å². The third-order valence-corrected chi connectivity index (χ3v) is 4.70. The molecule has 0 bridgehead atoms. The molecule has 0 unspecified atom stereocenters. The number of benzene rings is 2. The fraction of sp³-hybridized carbons (Fsp3) is 0.130. The van der Waals surface area contributed by atoms with Gasteiger partial charge in [0.25, 0.3) is 5.91 Å². The largest absolute Gasteiger partial charge is 0.496 e. The normalized spacial score (nSPS) is 10.8. The Morgan fingerprint density at radius 3 is 2.71 bits per heavy atom. The van der Waals surface area contributed by atoms with Gasteiger partial charge in [0, 0.05) is 30.3 Å². The number of rotatable bonds is 6. The molecule has 4 aromatic rings. The summed E-state index contributed by atoms with van der Waals surface area (Å²) >= 11 is 0. The van der Waals surface area contributed by atoms with Crippen molar-refractivity contribution in [2.24, 2.45) is 0 Å². The van der Waals surface area contributed by atoms with Crippen LogP contribution in [0.1, 0.15) is 16.2 Å². The van der Waals surface area contributed by atoms with Crippen LogP contribution in [0.15, 0.2) is 79.1 Å². The van der Waals surface area contributed by atoms with Crippen LogP contribution < -0.4 is 10.1 Å². The molecule has 0 aliphatic rings. The highest BCUT2D eigenvalue weighted by molar-refractivity contribution is 5.96. The van der Waals surface area contributed by atoms with Crippen molar-refractivity contribution in [2.75, 3.05) is 13.7 Å². The van der Waals surface area contributed by atoms with Gasteiger partial charge < -0.3 is 14.5 Å². The maximum atomic E-state index is 12.6. The lowest BCUT2D eigenvalue weighted by atomic mass is 10.0. The lowest BCUT2D eigenvalue weighted by Crippen LogP contribution is -2.26. The molecular weight excluding hydrogens is 350 g/mol. The van der Waals surface area contributed by atoms with Gasteiger partial charge in [-0.25, -0.2) is 4.98 Å². The Morgan fingerprint density at radius 2 is 1.89 bits per heavy atom. The molecule has 2 aromatic heterocycles. The molecule has 0 atom stereocenters. The second kappa shape index (κ2) is 7.96. The van der Waals surface area contributed by atoms with Gasteiger partial charge in [-0.3, -0.25) is 4.79 Å². The van der Waals surface area contributed by atoms with E-state index in [0.717, 1.165) is 28.2 Å². The topological polar surface area (TPSA) is 55.6 Å². The van der Waals surface area contributed by atoms with Crippen molar-refractivity contribution >= 4 is 11.4 Å². The minimum atomic E-state index is -0.110. The highest BCUT2D eigenvalue weighted by atomic mass is 16.5. The maximum Gasteiger partial charge on any atom is 0.251 e. The van der Waals surface area contributed by atoms with E-state index in [2.05, 4.69) is 10.3 Å². The van der Waals surface area contributed by atoms with Crippen molar-refractivity contribution in [1.82, 2.24) is 14.7 Å². The summed E-state index contributed by atoms with van der Waals surface area (Å²) in [7, 11) is 1.64. The van der Waals surface area contributed by atoms with Crippen LogP contribution in [-0.4, -0.2) is 28.9 Å². The van der Waals surface area contributed by atoms with Crippen LogP contribution in [0.25, 0.3) is 16.6 Å². The van der Waals surface area contributed by atoms with E-state index in [4.69, 9.17) is 4.74 Å². The van der Waals surface area contributed by atoms with E-state index >= 15 is 0 Å². The molecule has 2 heterocycles. The molecular formula is C23H21N3O2. The Kier molecular flexibility index (Phi) is 5.06. The molecule has 0 radical (unpaired) electrons. The highest BCUT2D eigenvalue weighted by Gasteiger charge is 2.12. The number of pyridine rings is 1. The Hall–Kier alpha value is -3.60. The number of hydrogen-bond donors (Lipinski definition) is 1. The second-order valence-corrected chi connectivity index (χ2v) is 6.46. The number of carbonyl (C=O) groups is 1. The van der Waals surface area contributed by atoms with E-state index in [-0.39, 0.29) is 5.91 Å². The summed E-state index contributed by atoms with van der Waals surface area (Å²) in [6, 6.07) is 21.4. The molecule has 5 heteroatoms. The van der Waals surface area contributed by atoms with E-state index in [9.17, 15) is 4.79 Å². The Morgan fingerprint density at radius 1 is 1.07 bits per heavy atom. The maximum absolute atomic E-state index is 12.6. The zero-order chi connectivity index (χ0) is 19.3. The van der Waals surface area contributed by atoms with Crippen molar-refractivity contribution in [3.63, 3.8) is 0 Å². The number of methoxy groups -OCH3 is 1. The first-order valence-electron chi connectivity index (χ1n) is 9.19. The molecule has 4 rings (SSSR count). The molecule has 0 aliphatic carbocycles. The summed E-state index contributed by atoms with van der Waals surface area (Å²) in [4.78, 5) is 17.1. The zero-order valence-corrected chi connectivity index (χ0v) is 15.6. The Labute approximate surface area is 163 Å². The summed E-state index contributed by atoms with van der Waals surface area (Å²) in [5.41, 5.74) is 3.56. The molecule has 0 saturated carbocycles. The van der Waals surface area contributed by atoms with Gasteiger partial charge in [-0.05, 0) is 35.9 Å². The van der Waals surface area contributed by atoms with Gasteiger partial charge in [-0.2, -0.15) is 0 Å². The molecule has 0 fully saturated rings. The smallest absolute Gasteiger partial charge is 0.251 e. The summed E-state index contributed by atoms with van der Waals surface area (Å²) < 4.78 is 7.50. The lowest BCUT2D eigenvalue weighted by molar-refractivity contribution is 0.0954. The van der Waals surface area contributed by atoms with Gasteiger partial charge >= 0.3 is 0 Å². The molecule has 1 N–H and O–H groups in total. The van der Waals surface area contributed by atoms with E-state index in [0.29, 0.717) is 18.5 Å². The number of ether oxygens (including phenoxy) is 1. The van der Waals surface area contributed by atoms with Gasteiger partial charge in [0.1, 0.15) is 11.6 Å². The standard InChI is InChI=1S/C23H21N3O2/c1-28-21-11-10-18(15-20(21)17-7-3-2-4-8-17)23(27)24-13-12-22-25-16-19-9-5-6-14-26(19)22/h2-11,14-16H,12-13H2,1H3,(H,24,27). The van der Waals surface area contributed by atoms with Crippen LogP contribution in [0, 0.1) is 0 Å².